The molecule has 0 amide bonds. The van der Waals surface area contributed by atoms with Crippen molar-refractivity contribution in [3.8, 4) is 5.75 Å². The fourth-order valence-electron chi connectivity index (χ4n) is 2.60. The van der Waals surface area contributed by atoms with E-state index in [1.807, 2.05) is 0 Å². The third kappa shape index (κ3) is 3.70. The van der Waals surface area contributed by atoms with Gasteiger partial charge in [0.05, 0.1) is 13.2 Å². The maximum Gasteiger partial charge on any atom is 0.192 e. The van der Waals surface area contributed by atoms with Crippen LogP contribution in [0, 0.1) is 5.82 Å². The zero-order valence-corrected chi connectivity index (χ0v) is 15.5. The highest BCUT2D eigenvalue weighted by Crippen LogP contribution is 2.40. The lowest BCUT2D eigenvalue weighted by molar-refractivity contribution is 0.197. The van der Waals surface area contributed by atoms with E-state index < -0.39 is 8.32 Å². The first kappa shape index (κ1) is 17.4. The highest BCUT2D eigenvalue weighted by atomic mass is 28.4. The molecule has 1 N–H and O–H groups in total. The Hall–Kier alpha value is -0.913. The highest BCUT2D eigenvalue weighted by Gasteiger charge is 2.41. The molecule has 1 aromatic rings. The molecule has 0 bridgehead atoms. The summed E-state index contributed by atoms with van der Waals surface area (Å²) in [4.78, 5) is 0. The summed E-state index contributed by atoms with van der Waals surface area (Å²) in [5.74, 6) is 0.498. The fourth-order valence-corrected chi connectivity index (χ4v) is 3.97. The van der Waals surface area contributed by atoms with Gasteiger partial charge in [0, 0.05) is 18.2 Å². The average Bonchev–Trinajstić information content (AvgIpc) is 2.85. The molecule has 2 unspecified atom stereocenters. The topological polar surface area (TPSA) is 30.5 Å². The van der Waals surface area contributed by atoms with E-state index in [2.05, 4.69) is 39.2 Å². The molecule has 2 atom stereocenters. The van der Waals surface area contributed by atoms with Crippen molar-refractivity contribution in [1.29, 1.82) is 0 Å². The quantitative estimate of drug-likeness (QED) is 0.839. The molecular formula is C17H28FNO2Si. The summed E-state index contributed by atoms with van der Waals surface area (Å²) in [6.07, 6.45) is 1.03. The zero-order chi connectivity index (χ0) is 16.5. The maximum absolute atomic E-state index is 13.6. The average molecular weight is 326 g/mol. The van der Waals surface area contributed by atoms with E-state index in [0.717, 1.165) is 24.3 Å². The summed E-state index contributed by atoms with van der Waals surface area (Å²) in [6.45, 7) is 12.1. The summed E-state index contributed by atoms with van der Waals surface area (Å²) >= 11 is 0. The normalized spacial score (nSPS) is 22.9. The molecule has 3 nitrogen and oxygen atoms in total. The van der Waals surface area contributed by atoms with Gasteiger partial charge in [0.25, 0.3) is 0 Å². The number of nitrogens with one attached hydrogen (secondary N) is 1. The molecule has 124 valence electrons. The van der Waals surface area contributed by atoms with Crippen LogP contribution in [0.25, 0.3) is 0 Å². The molecule has 1 aliphatic heterocycles. The third-order valence-electron chi connectivity index (χ3n) is 4.93. The standard InChI is InChI=1S/C17H28FNO2Si/c1-17(2,3)22(5,6)21-13-10-15(19-11-13)14-9-12(18)7-8-16(14)20-4/h7-9,13,15,19H,10-11H2,1-6H3. The van der Waals surface area contributed by atoms with Gasteiger partial charge in [-0.05, 0) is 42.8 Å². The number of halogens is 1. The Morgan fingerprint density at radius 1 is 1.27 bits per heavy atom. The zero-order valence-electron chi connectivity index (χ0n) is 14.5. The van der Waals surface area contributed by atoms with Crippen molar-refractivity contribution in [2.24, 2.45) is 0 Å². The van der Waals surface area contributed by atoms with Crippen molar-refractivity contribution in [1.82, 2.24) is 5.32 Å². The van der Waals surface area contributed by atoms with E-state index in [1.165, 1.54) is 6.07 Å². The molecule has 1 heterocycles. The Balaban J connectivity index is 2.09. The molecule has 2 rings (SSSR count). The van der Waals surface area contributed by atoms with E-state index in [9.17, 15) is 4.39 Å². The number of rotatable bonds is 4. The monoisotopic (exact) mass is 325 g/mol. The SMILES string of the molecule is COc1ccc(F)cc1C1CC(O[Si](C)(C)C(C)(C)C)CN1. The van der Waals surface area contributed by atoms with Gasteiger partial charge < -0.3 is 14.5 Å². The van der Waals surface area contributed by atoms with Gasteiger partial charge in [-0.25, -0.2) is 4.39 Å². The number of hydrogen-bond acceptors (Lipinski definition) is 3. The van der Waals surface area contributed by atoms with Crippen LogP contribution in [-0.2, 0) is 4.43 Å². The third-order valence-corrected chi connectivity index (χ3v) is 9.46. The second-order valence-corrected chi connectivity index (χ2v) is 12.3. The number of benzene rings is 1. The summed E-state index contributed by atoms with van der Waals surface area (Å²) in [5, 5.41) is 3.65. The minimum atomic E-state index is -1.78. The summed E-state index contributed by atoms with van der Waals surface area (Å²) in [6, 6.07) is 4.76. The molecule has 1 fully saturated rings. The summed E-state index contributed by atoms with van der Waals surface area (Å²) in [7, 11) is -0.158. The number of ether oxygens (including phenoxy) is 1. The second-order valence-electron chi connectivity index (χ2n) is 7.58. The number of methoxy groups -OCH3 is 1. The van der Waals surface area contributed by atoms with Gasteiger partial charge in [-0.1, -0.05) is 20.8 Å². The van der Waals surface area contributed by atoms with E-state index in [0.29, 0.717) is 0 Å². The highest BCUT2D eigenvalue weighted by molar-refractivity contribution is 6.74. The minimum absolute atomic E-state index is 0.0837. The molecule has 0 spiro atoms. The van der Waals surface area contributed by atoms with Crippen LogP contribution in [0.4, 0.5) is 4.39 Å². The van der Waals surface area contributed by atoms with Crippen LogP contribution in [0.1, 0.15) is 38.8 Å². The predicted octanol–water partition coefficient (Wildman–Crippen LogP) is 4.26. The predicted molar refractivity (Wildman–Crippen MR) is 90.4 cm³/mol. The van der Waals surface area contributed by atoms with Gasteiger partial charge >= 0.3 is 0 Å². The molecule has 0 saturated carbocycles. The Labute approximate surface area is 134 Å². The molecule has 0 aliphatic carbocycles. The summed E-state index contributed by atoms with van der Waals surface area (Å²) < 4.78 is 25.4. The van der Waals surface area contributed by atoms with Crippen molar-refractivity contribution < 1.29 is 13.6 Å². The smallest absolute Gasteiger partial charge is 0.192 e. The maximum atomic E-state index is 13.6. The summed E-state index contributed by atoms with van der Waals surface area (Å²) in [5.41, 5.74) is 0.879. The first-order chi connectivity index (χ1) is 10.1. The van der Waals surface area contributed by atoms with Crippen LogP contribution >= 0.6 is 0 Å². The van der Waals surface area contributed by atoms with Gasteiger partial charge in [-0.15, -0.1) is 0 Å². The van der Waals surface area contributed by atoms with E-state index in [4.69, 9.17) is 9.16 Å². The molecule has 1 aliphatic rings. The van der Waals surface area contributed by atoms with Crippen molar-refractivity contribution in [2.45, 2.75) is 57.5 Å². The van der Waals surface area contributed by atoms with Gasteiger partial charge in [0.15, 0.2) is 8.32 Å². The van der Waals surface area contributed by atoms with Crippen molar-refractivity contribution in [2.75, 3.05) is 13.7 Å². The number of hydrogen-bond donors (Lipinski definition) is 1. The lowest BCUT2D eigenvalue weighted by Crippen LogP contribution is -2.44. The molecule has 0 radical (unpaired) electrons. The van der Waals surface area contributed by atoms with Crippen molar-refractivity contribution >= 4 is 8.32 Å². The Morgan fingerprint density at radius 3 is 2.55 bits per heavy atom. The van der Waals surface area contributed by atoms with Crippen LogP contribution < -0.4 is 10.1 Å². The Bertz CT molecular complexity index is 528. The lowest BCUT2D eigenvalue weighted by atomic mass is 10.0. The first-order valence-electron chi connectivity index (χ1n) is 7.88. The molecular weight excluding hydrogens is 297 g/mol. The van der Waals surface area contributed by atoms with Crippen molar-refractivity contribution in [3.05, 3.63) is 29.6 Å². The van der Waals surface area contributed by atoms with Gasteiger partial charge in [-0.2, -0.15) is 0 Å². The van der Waals surface area contributed by atoms with E-state index in [-0.39, 0.29) is 23.0 Å². The second kappa shape index (κ2) is 6.30. The Morgan fingerprint density at radius 2 is 1.95 bits per heavy atom. The minimum Gasteiger partial charge on any atom is -0.496 e. The fraction of sp³-hybridized carbons (Fsp3) is 0.647. The van der Waals surface area contributed by atoms with Gasteiger partial charge in [0.2, 0.25) is 0 Å². The van der Waals surface area contributed by atoms with Crippen LogP contribution in [-0.4, -0.2) is 28.1 Å². The Kier molecular flexibility index (Phi) is 4.99. The van der Waals surface area contributed by atoms with Crippen molar-refractivity contribution in [3.63, 3.8) is 0 Å². The van der Waals surface area contributed by atoms with E-state index >= 15 is 0 Å². The lowest BCUT2D eigenvalue weighted by Gasteiger charge is -2.38. The van der Waals surface area contributed by atoms with Crippen LogP contribution in [0.3, 0.4) is 0 Å². The van der Waals surface area contributed by atoms with Crippen LogP contribution in [0.5, 0.6) is 5.75 Å². The largest absolute Gasteiger partial charge is 0.496 e. The molecule has 1 aromatic carbocycles. The first-order valence-corrected chi connectivity index (χ1v) is 10.8. The van der Waals surface area contributed by atoms with Gasteiger partial charge in [-0.3, -0.25) is 0 Å². The van der Waals surface area contributed by atoms with Gasteiger partial charge in [0.1, 0.15) is 11.6 Å². The molecule has 22 heavy (non-hydrogen) atoms. The van der Waals surface area contributed by atoms with Crippen LogP contribution in [0.2, 0.25) is 18.1 Å². The molecule has 1 saturated heterocycles. The molecule has 5 heteroatoms. The van der Waals surface area contributed by atoms with E-state index in [1.54, 1.807) is 19.2 Å². The van der Waals surface area contributed by atoms with Crippen LogP contribution in [0.15, 0.2) is 18.2 Å². The molecule has 0 aromatic heterocycles.